The zero-order valence-electron chi connectivity index (χ0n) is 21.7. The number of fused-ring (bicyclic) bond motifs is 1. The van der Waals surface area contributed by atoms with Crippen molar-refractivity contribution in [2.75, 3.05) is 6.54 Å². The molecule has 43 heavy (non-hydrogen) atoms. The minimum absolute atomic E-state index is 0.0622. The van der Waals surface area contributed by atoms with Gasteiger partial charge in [-0.3, -0.25) is 4.99 Å². The quantitative estimate of drug-likeness (QED) is 0.269. The molecule has 0 radical (unpaired) electrons. The molecular weight excluding hydrogens is 629 g/mol. The number of hydrogen-bond donors (Lipinski definition) is 2. The monoisotopic (exact) mass is 648 g/mol. The molecule has 0 saturated carbocycles. The van der Waals surface area contributed by atoms with Gasteiger partial charge in [-0.25, -0.2) is 32.0 Å². The minimum atomic E-state index is -4.09. The van der Waals surface area contributed by atoms with Crippen molar-refractivity contribution in [2.24, 2.45) is 4.99 Å². The van der Waals surface area contributed by atoms with Crippen LogP contribution >= 0.6 is 22.9 Å². The number of carboxylic acid groups (broad SMARTS) is 1. The lowest BCUT2D eigenvalue weighted by Gasteiger charge is -2.32. The number of nitrogens with one attached hydrogen (secondary N) is 1. The fourth-order valence-electron chi connectivity index (χ4n) is 5.10. The van der Waals surface area contributed by atoms with E-state index in [1.807, 2.05) is 0 Å². The molecule has 2 atom stereocenters. The number of alkyl halides is 2. The lowest BCUT2D eigenvalue weighted by atomic mass is 9.92. The summed E-state index contributed by atoms with van der Waals surface area (Å²) in [6.45, 7) is -2.79. The highest BCUT2D eigenvalue weighted by molar-refractivity contribution is 7.89. The number of carbonyl (C=O) groups is 1. The number of thiazole rings is 1. The first-order valence-electron chi connectivity index (χ1n) is 12.6. The fraction of sp³-hybridized carbons (Fsp3) is 0.185. The van der Waals surface area contributed by atoms with E-state index in [1.165, 1.54) is 53.8 Å². The predicted molar refractivity (Wildman–Crippen MR) is 152 cm³/mol. The van der Waals surface area contributed by atoms with Gasteiger partial charge >= 0.3 is 12.5 Å². The maximum absolute atomic E-state index is 14.0. The van der Waals surface area contributed by atoms with Gasteiger partial charge in [0.1, 0.15) is 11.9 Å². The maximum atomic E-state index is 14.0. The van der Waals surface area contributed by atoms with Gasteiger partial charge in [0, 0.05) is 58.6 Å². The Kier molecular flexibility index (Phi) is 7.58. The van der Waals surface area contributed by atoms with Crippen LogP contribution in [0.4, 0.5) is 13.2 Å². The molecule has 2 aromatic carbocycles. The Hall–Kier alpha value is -4.05. The molecule has 2 N–H and O–H groups in total. The van der Waals surface area contributed by atoms with Crippen LogP contribution in [0.2, 0.25) is 5.02 Å². The number of aliphatic imine (C=N–C) groups is 1. The van der Waals surface area contributed by atoms with Gasteiger partial charge < -0.3 is 10.0 Å². The van der Waals surface area contributed by atoms with E-state index in [4.69, 9.17) is 21.7 Å². The van der Waals surface area contributed by atoms with Gasteiger partial charge in [-0.15, -0.1) is 11.3 Å². The molecule has 1 saturated heterocycles. The van der Waals surface area contributed by atoms with Crippen molar-refractivity contribution in [3.05, 3.63) is 105 Å². The SMILES string of the molecule is O=C(O)c1ccc(S(=O)(=O)N[C@H]2CC3=C(c4ccn(C(F)F)n4)[C@H](c4ccc(F)cc4Cl)N=C(c4nccs4)N3C2)cc1. The zero-order valence-corrected chi connectivity index (χ0v) is 24.1. The number of nitrogens with zero attached hydrogens (tertiary/aromatic N) is 5. The Morgan fingerprint density at radius 3 is 2.56 bits per heavy atom. The van der Waals surface area contributed by atoms with E-state index in [9.17, 15) is 26.4 Å². The molecule has 0 unspecified atom stereocenters. The molecule has 222 valence electrons. The first kappa shape index (κ1) is 29.0. The Morgan fingerprint density at radius 2 is 1.93 bits per heavy atom. The number of sulfonamides is 1. The van der Waals surface area contributed by atoms with E-state index in [1.54, 1.807) is 16.5 Å². The smallest absolute Gasteiger partial charge is 0.335 e. The van der Waals surface area contributed by atoms with Crippen LogP contribution in [0.15, 0.2) is 81.9 Å². The Balaban J connectivity index is 1.46. The van der Waals surface area contributed by atoms with Crippen LogP contribution < -0.4 is 4.72 Å². The predicted octanol–water partition coefficient (Wildman–Crippen LogP) is 5.19. The molecule has 1 fully saturated rings. The second kappa shape index (κ2) is 11.2. The summed E-state index contributed by atoms with van der Waals surface area (Å²) in [4.78, 5) is 22.1. The number of rotatable bonds is 8. The van der Waals surface area contributed by atoms with Crippen LogP contribution in [0.5, 0.6) is 0 Å². The summed E-state index contributed by atoms with van der Waals surface area (Å²) in [7, 11) is -4.09. The largest absolute Gasteiger partial charge is 0.478 e. The van der Waals surface area contributed by atoms with E-state index in [2.05, 4.69) is 14.8 Å². The standard InChI is InChI=1S/C27H20ClF3N6O4S2/c28-19-11-15(29)3-6-18(19)23-22(20-7-9-37(34-20)27(30)31)21-12-16(13-36(21)24(33-23)25-32-8-10-42-25)35-43(40,41)17-4-1-14(2-5-17)26(38)39/h1-11,16,23,27,35H,12-13H2,(H,38,39)/t16-,23-/m0/s1. The van der Waals surface area contributed by atoms with E-state index >= 15 is 0 Å². The summed E-state index contributed by atoms with van der Waals surface area (Å²) < 4.78 is 70.8. The summed E-state index contributed by atoms with van der Waals surface area (Å²) in [6.07, 6.45) is 2.82. The van der Waals surface area contributed by atoms with Crippen LogP contribution in [-0.2, 0) is 10.0 Å². The highest BCUT2D eigenvalue weighted by Crippen LogP contribution is 2.46. The number of benzene rings is 2. The van der Waals surface area contributed by atoms with Gasteiger partial charge in [0.2, 0.25) is 10.0 Å². The van der Waals surface area contributed by atoms with Crippen molar-refractivity contribution in [1.29, 1.82) is 0 Å². The topological polar surface area (TPSA) is 130 Å². The molecule has 4 aromatic rings. The lowest BCUT2D eigenvalue weighted by molar-refractivity contribution is 0.0564. The Morgan fingerprint density at radius 1 is 1.16 bits per heavy atom. The summed E-state index contributed by atoms with van der Waals surface area (Å²) in [6, 6.07) is 8.38. The third-order valence-electron chi connectivity index (χ3n) is 6.96. The molecule has 4 heterocycles. The first-order valence-corrected chi connectivity index (χ1v) is 15.4. The molecule has 2 aliphatic heterocycles. The summed E-state index contributed by atoms with van der Waals surface area (Å²) in [5.74, 6) is -1.36. The van der Waals surface area contributed by atoms with Crippen molar-refractivity contribution < 1.29 is 31.5 Å². The second-order valence-electron chi connectivity index (χ2n) is 9.64. The van der Waals surface area contributed by atoms with Crippen LogP contribution in [0.25, 0.3) is 5.57 Å². The fourth-order valence-corrected chi connectivity index (χ4v) is 7.24. The van der Waals surface area contributed by atoms with Crippen molar-refractivity contribution >= 4 is 50.3 Å². The molecule has 0 bridgehead atoms. The number of hydrogen-bond acceptors (Lipinski definition) is 8. The number of carboxylic acids is 1. The molecule has 2 aromatic heterocycles. The van der Waals surface area contributed by atoms with E-state index < -0.39 is 40.4 Å². The molecule has 10 nitrogen and oxygen atoms in total. The van der Waals surface area contributed by atoms with Crippen molar-refractivity contribution in [3.8, 4) is 0 Å². The molecule has 0 amide bonds. The normalized spacial score (nSPS) is 18.7. The molecule has 0 aliphatic carbocycles. The number of amidine groups is 1. The molecule has 6 rings (SSSR count). The summed E-state index contributed by atoms with van der Waals surface area (Å²) in [5.41, 5.74) is 1.46. The van der Waals surface area contributed by atoms with Crippen LogP contribution in [0.3, 0.4) is 0 Å². The first-order chi connectivity index (χ1) is 20.5. The third-order valence-corrected chi connectivity index (χ3v) is 9.59. The average molecular weight is 649 g/mol. The maximum Gasteiger partial charge on any atom is 0.335 e. The number of aromatic nitrogens is 3. The van der Waals surface area contributed by atoms with Gasteiger partial charge in [0.05, 0.1) is 16.2 Å². The third kappa shape index (κ3) is 5.56. The highest BCUT2D eigenvalue weighted by atomic mass is 35.5. The number of halogens is 4. The van der Waals surface area contributed by atoms with E-state index in [0.717, 1.165) is 12.3 Å². The van der Waals surface area contributed by atoms with Gasteiger partial charge in [0.25, 0.3) is 0 Å². The minimum Gasteiger partial charge on any atom is -0.478 e. The van der Waals surface area contributed by atoms with Crippen molar-refractivity contribution in [3.63, 3.8) is 0 Å². The lowest BCUT2D eigenvalue weighted by Crippen LogP contribution is -2.39. The van der Waals surface area contributed by atoms with Gasteiger partial charge in [-0.05, 0) is 42.5 Å². The zero-order chi connectivity index (χ0) is 30.5. The van der Waals surface area contributed by atoms with Crippen molar-refractivity contribution in [2.45, 2.75) is 29.9 Å². The van der Waals surface area contributed by atoms with Crippen LogP contribution in [0, 0.1) is 5.82 Å². The van der Waals surface area contributed by atoms with Gasteiger partial charge in [0.15, 0.2) is 10.8 Å². The van der Waals surface area contributed by atoms with Crippen LogP contribution in [0.1, 0.15) is 45.6 Å². The van der Waals surface area contributed by atoms with Gasteiger partial charge in [-0.1, -0.05) is 17.7 Å². The highest BCUT2D eigenvalue weighted by Gasteiger charge is 2.42. The summed E-state index contributed by atoms with van der Waals surface area (Å²) in [5, 5.41) is 15.5. The van der Waals surface area contributed by atoms with E-state index in [0.29, 0.717) is 32.4 Å². The molecule has 0 spiro atoms. The Labute approximate surface area is 251 Å². The molecular formula is C27H20ClF3N6O4S2. The molecule has 2 aliphatic rings. The van der Waals surface area contributed by atoms with Gasteiger partial charge in [-0.2, -0.15) is 13.9 Å². The second-order valence-corrected chi connectivity index (χ2v) is 12.7. The van der Waals surface area contributed by atoms with Crippen LogP contribution in [-0.4, -0.2) is 57.6 Å². The molecule has 16 heteroatoms. The Bertz CT molecular complexity index is 1880. The van der Waals surface area contributed by atoms with Crippen molar-refractivity contribution in [1.82, 2.24) is 24.4 Å². The van der Waals surface area contributed by atoms with E-state index in [-0.39, 0.29) is 34.1 Å². The number of aromatic carboxylic acids is 1. The summed E-state index contributed by atoms with van der Waals surface area (Å²) >= 11 is 7.77. The average Bonchev–Trinajstić information content (AvgIpc) is 3.73.